The van der Waals surface area contributed by atoms with Crippen LogP contribution in [0.25, 0.3) is 0 Å². The van der Waals surface area contributed by atoms with E-state index in [1.807, 2.05) is 36.1 Å². The molecule has 0 bridgehead atoms. The predicted octanol–water partition coefficient (Wildman–Crippen LogP) is 2.89. The van der Waals surface area contributed by atoms with Gasteiger partial charge in [0.1, 0.15) is 0 Å². The molecule has 1 fully saturated rings. The highest BCUT2D eigenvalue weighted by Crippen LogP contribution is 2.26. The highest BCUT2D eigenvalue weighted by atomic mass is 79.9. The van der Waals surface area contributed by atoms with Gasteiger partial charge in [-0.2, -0.15) is 0 Å². The second-order valence-electron chi connectivity index (χ2n) is 3.89. The van der Waals surface area contributed by atoms with Gasteiger partial charge in [0.15, 0.2) is 0 Å². The number of hydrogen-bond acceptors (Lipinski definition) is 1. The van der Waals surface area contributed by atoms with Gasteiger partial charge in [-0.3, -0.25) is 4.79 Å². The summed E-state index contributed by atoms with van der Waals surface area (Å²) < 4.78 is 0. The van der Waals surface area contributed by atoms with Crippen molar-refractivity contribution in [3.63, 3.8) is 0 Å². The summed E-state index contributed by atoms with van der Waals surface area (Å²) in [6.07, 6.45) is 2.01. The molecule has 1 saturated heterocycles. The minimum Gasteiger partial charge on any atom is -0.311 e. The van der Waals surface area contributed by atoms with Crippen LogP contribution in [0.4, 0.5) is 5.69 Å². The molecule has 1 heterocycles. The Kier molecular flexibility index (Phi) is 3.10. The second-order valence-corrected chi connectivity index (χ2v) is 4.99. The molecule has 1 aliphatic heterocycles. The number of hydrogen-bond donors (Lipinski definition) is 0. The molecule has 1 aromatic carbocycles. The van der Waals surface area contributed by atoms with Crippen molar-refractivity contribution in [2.75, 3.05) is 11.4 Å². The predicted molar refractivity (Wildman–Crippen MR) is 65.5 cm³/mol. The Morgan fingerprint density at radius 2 is 2.13 bits per heavy atom. The largest absolute Gasteiger partial charge is 0.311 e. The average Bonchev–Trinajstić information content (AvgIpc) is 2.23. The van der Waals surface area contributed by atoms with Crippen molar-refractivity contribution >= 4 is 27.5 Å². The van der Waals surface area contributed by atoms with E-state index < -0.39 is 0 Å². The topological polar surface area (TPSA) is 20.3 Å². The van der Waals surface area contributed by atoms with Gasteiger partial charge in [-0.05, 0) is 31.4 Å². The normalized spacial score (nSPS) is 21.9. The summed E-state index contributed by atoms with van der Waals surface area (Å²) in [6.45, 7) is 2.88. The zero-order valence-corrected chi connectivity index (χ0v) is 10.3. The number of halogens is 1. The van der Waals surface area contributed by atoms with Gasteiger partial charge in [0, 0.05) is 12.2 Å². The van der Waals surface area contributed by atoms with Gasteiger partial charge in [0.25, 0.3) is 0 Å². The van der Waals surface area contributed by atoms with Crippen molar-refractivity contribution in [2.45, 2.75) is 24.6 Å². The Morgan fingerprint density at radius 1 is 1.40 bits per heavy atom. The third kappa shape index (κ3) is 2.07. The van der Waals surface area contributed by atoms with E-state index in [1.165, 1.54) is 0 Å². The van der Waals surface area contributed by atoms with Gasteiger partial charge in [0.05, 0.1) is 4.83 Å². The van der Waals surface area contributed by atoms with Crippen LogP contribution in [-0.2, 0) is 4.79 Å². The van der Waals surface area contributed by atoms with Gasteiger partial charge in [-0.15, -0.1) is 0 Å². The molecule has 15 heavy (non-hydrogen) atoms. The Bertz CT molecular complexity index is 378. The molecule has 1 amide bonds. The number of nitrogens with zero attached hydrogens (tertiary/aromatic N) is 1. The highest BCUT2D eigenvalue weighted by molar-refractivity contribution is 9.10. The van der Waals surface area contributed by atoms with E-state index >= 15 is 0 Å². The molecule has 0 radical (unpaired) electrons. The number of amides is 1. The summed E-state index contributed by atoms with van der Waals surface area (Å²) in [6, 6.07) is 8.03. The highest BCUT2D eigenvalue weighted by Gasteiger charge is 2.27. The minimum atomic E-state index is -0.00847. The molecule has 1 unspecified atom stereocenters. The van der Waals surface area contributed by atoms with Crippen LogP contribution >= 0.6 is 15.9 Å². The Hall–Kier alpha value is -0.830. The third-order valence-corrected chi connectivity index (χ3v) is 3.63. The lowest BCUT2D eigenvalue weighted by atomic mass is 10.1. The number of carbonyl (C=O) groups is 1. The lowest BCUT2D eigenvalue weighted by molar-refractivity contribution is -0.118. The van der Waals surface area contributed by atoms with Crippen molar-refractivity contribution in [1.82, 2.24) is 0 Å². The number of benzene rings is 1. The van der Waals surface area contributed by atoms with Gasteiger partial charge in [-0.25, -0.2) is 0 Å². The fourth-order valence-corrected chi connectivity index (χ4v) is 2.51. The number of aryl methyl sites for hydroxylation is 1. The van der Waals surface area contributed by atoms with E-state index in [4.69, 9.17) is 0 Å². The third-order valence-electron chi connectivity index (χ3n) is 2.78. The van der Waals surface area contributed by atoms with Crippen LogP contribution in [0.2, 0.25) is 0 Å². The summed E-state index contributed by atoms with van der Waals surface area (Å²) in [5.41, 5.74) is 2.21. The van der Waals surface area contributed by atoms with Crippen LogP contribution in [0.1, 0.15) is 18.4 Å². The molecule has 2 rings (SSSR count). The second kappa shape index (κ2) is 4.35. The number of anilines is 1. The molecular formula is C12H14BrNO. The fourth-order valence-electron chi connectivity index (χ4n) is 1.94. The number of carbonyl (C=O) groups excluding carboxylic acids is 1. The van der Waals surface area contributed by atoms with Crippen LogP contribution in [0.3, 0.4) is 0 Å². The lowest BCUT2D eigenvalue weighted by Gasteiger charge is -2.30. The number of rotatable bonds is 1. The smallest absolute Gasteiger partial charge is 0.240 e. The first-order chi connectivity index (χ1) is 7.20. The molecule has 0 N–H and O–H groups in total. The maximum absolute atomic E-state index is 12.0. The van der Waals surface area contributed by atoms with Crippen LogP contribution < -0.4 is 4.90 Å². The minimum absolute atomic E-state index is 0.00847. The van der Waals surface area contributed by atoms with E-state index in [9.17, 15) is 4.79 Å². The molecule has 0 spiro atoms. The Labute approximate surface area is 98.4 Å². The number of alkyl halides is 1. The Balaban J connectivity index is 2.30. The summed E-state index contributed by atoms with van der Waals surface area (Å²) in [5, 5.41) is 0. The van der Waals surface area contributed by atoms with Crippen LogP contribution in [0.5, 0.6) is 0 Å². The summed E-state index contributed by atoms with van der Waals surface area (Å²) in [5.74, 6) is 0.190. The van der Waals surface area contributed by atoms with Crippen molar-refractivity contribution in [3.05, 3.63) is 29.8 Å². The van der Waals surface area contributed by atoms with Crippen LogP contribution in [0.15, 0.2) is 24.3 Å². The SMILES string of the molecule is Cc1ccccc1N1CCCC(Br)C1=O. The Morgan fingerprint density at radius 3 is 2.87 bits per heavy atom. The van der Waals surface area contributed by atoms with Gasteiger partial charge < -0.3 is 4.90 Å². The maximum atomic E-state index is 12.0. The molecule has 80 valence electrons. The monoisotopic (exact) mass is 267 g/mol. The maximum Gasteiger partial charge on any atom is 0.240 e. The average molecular weight is 268 g/mol. The van der Waals surface area contributed by atoms with Crippen molar-refractivity contribution in [2.24, 2.45) is 0 Å². The molecule has 3 heteroatoms. The molecule has 2 nitrogen and oxygen atoms in total. The first-order valence-electron chi connectivity index (χ1n) is 5.21. The quantitative estimate of drug-likeness (QED) is 0.717. The lowest BCUT2D eigenvalue weighted by Crippen LogP contribution is -2.42. The van der Waals surface area contributed by atoms with E-state index in [-0.39, 0.29) is 10.7 Å². The summed E-state index contributed by atoms with van der Waals surface area (Å²) >= 11 is 3.42. The zero-order chi connectivity index (χ0) is 10.8. The summed E-state index contributed by atoms with van der Waals surface area (Å²) in [4.78, 5) is 13.8. The van der Waals surface area contributed by atoms with Crippen LogP contribution in [0, 0.1) is 6.92 Å². The van der Waals surface area contributed by atoms with Gasteiger partial charge in [-0.1, -0.05) is 34.1 Å². The van der Waals surface area contributed by atoms with Gasteiger partial charge in [0.2, 0.25) is 5.91 Å². The first kappa shape index (κ1) is 10.7. The van der Waals surface area contributed by atoms with Crippen LogP contribution in [-0.4, -0.2) is 17.3 Å². The van der Waals surface area contributed by atoms with E-state index in [2.05, 4.69) is 15.9 Å². The first-order valence-corrected chi connectivity index (χ1v) is 6.13. The molecule has 0 aliphatic carbocycles. The number of piperidine rings is 1. The van der Waals surface area contributed by atoms with E-state index in [0.717, 1.165) is 30.6 Å². The molecule has 1 aliphatic rings. The molecule has 0 aromatic heterocycles. The molecular weight excluding hydrogens is 254 g/mol. The van der Waals surface area contributed by atoms with Crippen molar-refractivity contribution in [1.29, 1.82) is 0 Å². The molecule has 0 saturated carbocycles. The number of para-hydroxylation sites is 1. The fraction of sp³-hybridized carbons (Fsp3) is 0.417. The summed E-state index contributed by atoms with van der Waals surface area (Å²) in [7, 11) is 0. The van der Waals surface area contributed by atoms with E-state index in [0.29, 0.717) is 0 Å². The standard InChI is InChI=1S/C12H14BrNO/c1-9-5-2-3-7-11(9)14-8-4-6-10(13)12(14)15/h2-3,5,7,10H,4,6,8H2,1H3. The van der Waals surface area contributed by atoms with E-state index in [1.54, 1.807) is 0 Å². The molecule has 1 aromatic rings. The van der Waals surface area contributed by atoms with Crippen molar-refractivity contribution in [3.8, 4) is 0 Å². The molecule has 1 atom stereocenters. The van der Waals surface area contributed by atoms with Gasteiger partial charge >= 0.3 is 0 Å². The van der Waals surface area contributed by atoms with Crippen molar-refractivity contribution < 1.29 is 4.79 Å². The zero-order valence-electron chi connectivity index (χ0n) is 8.74.